The predicted octanol–water partition coefficient (Wildman–Crippen LogP) is 2.50. The number of hydrogen-bond acceptors (Lipinski definition) is 4. The van der Waals surface area contributed by atoms with Gasteiger partial charge in [-0.25, -0.2) is 9.78 Å². The molecule has 0 aromatic carbocycles. The van der Waals surface area contributed by atoms with E-state index < -0.39 is 0 Å². The number of hydrogen-bond donors (Lipinski definition) is 2. The quantitative estimate of drug-likeness (QED) is 0.824. The first-order valence-corrected chi connectivity index (χ1v) is 7.23. The van der Waals surface area contributed by atoms with Crippen molar-refractivity contribution in [1.82, 2.24) is 15.6 Å². The van der Waals surface area contributed by atoms with Crippen LogP contribution in [-0.4, -0.2) is 24.2 Å². The number of furan rings is 1. The van der Waals surface area contributed by atoms with E-state index in [1.54, 1.807) is 25.6 Å². The van der Waals surface area contributed by atoms with Gasteiger partial charge in [-0.2, -0.15) is 0 Å². The highest BCUT2D eigenvalue weighted by molar-refractivity contribution is 5.74. The molecule has 2 heterocycles. The zero-order valence-corrected chi connectivity index (χ0v) is 12.8. The van der Waals surface area contributed by atoms with Crippen LogP contribution < -0.4 is 15.4 Å². The maximum absolute atomic E-state index is 11.8. The molecule has 22 heavy (non-hydrogen) atoms. The third-order valence-corrected chi connectivity index (χ3v) is 3.24. The summed E-state index contributed by atoms with van der Waals surface area (Å²) in [7, 11) is 1.57. The third kappa shape index (κ3) is 5.12. The molecule has 0 aliphatic heterocycles. The molecule has 0 fully saturated rings. The Morgan fingerprint density at radius 1 is 1.41 bits per heavy atom. The summed E-state index contributed by atoms with van der Waals surface area (Å²) in [5, 5.41) is 5.70. The summed E-state index contributed by atoms with van der Waals surface area (Å²) in [6.07, 6.45) is 4.96. The molecule has 6 nitrogen and oxygen atoms in total. The zero-order valence-electron chi connectivity index (χ0n) is 12.8. The molecule has 0 saturated heterocycles. The van der Waals surface area contributed by atoms with E-state index in [0.29, 0.717) is 12.4 Å². The summed E-state index contributed by atoms with van der Waals surface area (Å²) in [5.41, 5.74) is 0.916. The van der Waals surface area contributed by atoms with Crippen LogP contribution >= 0.6 is 0 Å². The number of rotatable bonds is 7. The fourth-order valence-electron chi connectivity index (χ4n) is 1.98. The second kappa shape index (κ2) is 8.07. The molecular formula is C16H21N3O3. The van der Waals surface area contributed by atoms with Crippen molar-refractivity contribution in [2.24, 2.45) is 0 Å². The Bertz CT molecular complexity index is 567. The van der Waals surface area contributed by atoms with Gasteiger partial charge in [-0.15, -0.1) is 0 Å². The van der Waals surface area contributed by atoms with Crippen LogP contribution in [0.15, 0.2) is 41.1 Å². The van der Waals surface area contributed by atoms with Crippen LogP contribution in [0.1, 0.15) is 24.7 Å². The molecule has 2 amide bonds. The minimum absolute atomic E-state index is 0.0686. The predicted molar refractivity (Wildman–Crippen MR) is 82.7 cm³/mol. The molecular weight excluding hydrogens is 282 g/mol. The van der Waals surface area contributed by atoms with Crippen LogP contribution in [0.5, 0.6) is 5.88 Å². The average molecular weight is 303 g/mol. The van der Waals surface area contributed by atoms with Crippen molar-refractivity contribution < 1.29 is 13.9 Å². The fraction of sp³-hybridized carbons (Fsp3) is 0.375. The Labute approximate surface area is 129 Å². The van der Waals surface area contributed by atoms with Gasteiger partial charge in [0.25, 0.3) is 0 Å². The Kier molecular flexibility index (Phi) is 5.82. The highest BCUT2D eigenvalue weighted by Gasteiger charge is 2.08. The molecule has 2 aromatic heterocycles. The van der Waals surface area contributed by atoms with Crippen LogP contribution in [0.25, 0.3) is 0 Å². The molecule has 6 heteroatoms. The molecule has 2 N–H and O–H groups in total. The second-order valence-electron chi connectivity index (χ2n) is 5.05. The molecule has 0 bridgehead atoms. The highest BCUT2D eigenvalue weighted by atomic mass is 16.5. The molecule has 0 aliphatic rings. The number of amides is 2. The van der Waals surface area contributed by atoms with Gasteiger partial charge in [-0.05, 0) is 31.0 Å². The minimum Gasteiger partial charge on any atom is -0.481 e. The number of urea groups is 1. The summed E-state index contributed by atoms with van der Waals surface area (Å²) in [6, 6.07) is 7.31. The summed E-state index contributed by atoms with van der Waals surface area (Å²) >= 11 is 0. The molecule has 118 valence electrons. The largest absolute Gasteiger partial charge is 0.481 e. The lowest BCUT2D eigenvalue weighted by Gasteiger charge is -2.14. The number of nitrogens with zero attached hydrogens (tertiary/aromatic N) is 1. The summed E-state index contributed by atoms with van der Waals surface area (Å²) < 4.78 is 10.3. The van der Waals surface area contributed by atoms with Gasteiger partial charge >= 0.3 is 6.03 Å². The first kappa shape index (κ1) is 15.9. The standard InChI is InChI=1S/C16H21N3O3/c1-12(5-7-14-4-3-9-22-14)19-16(20)18-11-13-6-8-15(21-2)17-10-13/h3-4,6,8-10,12H,5,7,11H2,1-2H3,(H2,18,19,20)/t12-/m1/s1. The van der Waals surface area contributed by atoms with Crippen molar-refractivity contribution in [2.45, 2.75) is 32.4 Å². The van der Waals surface area contributed by atoms with E-state index >= 15 is 0 Å². The number of methoxy groups -OCH3 is 1. The van der Waals surface area contributed by atoms with Crippen molar-refractivity contribution in [2.75, 3.05) is 7.11 Å². The summed E-state index contributed by atoms with van der Waals surface area (Å²) in [5.74, 6) is 1.48. The van der Waals surface area contributed by atoms with Gasteiger partial charge in [-0.1, -0.05) is 6.07 Å². The van der Waals surface area contributed by atoms with Crippen LogP contribution in [0, 0.1) is 0 Å². The van der Waals surface area contributed by atoms with E-state index in [2.05, 4.69) is 15.6 Å². The van der Waals surface area contributed by atoms with E-state index in [9.17, 15) is 4.79 Å². The third-order valence-electron chi connectivity index (χ3n) is 3.24. The summed E-state index contributed by atoms with van der Waals surface area (Å²) in [4.78, 5) is 15.9. The van der Waals surface area contributed by atoms with Crippen LogP contribution in [-0.2, 0) is 13.0 Å². The number of aromatic nitrogens is 1. The number of aryl methyl sites for hydroxylation is 1. The summed E-state index contributed by atoms with van der Waals surface area (Å²) in [6.45, 7) is 2.39. The minimum atomic E-state index is -0.192. The normalized spacial score (nSPS) is 11.7. The fourth-order valence-corrected chi connectivity index (χ4v) is 1.98. The molecule has 2 rings (SSSR count). The Balaban J connectivity index is 1.68. The Morgan fingerprint density at radius 2 is 2.27 bits per heavy atom. The van der Waals surface area contributed by atoms with Crippen LogP contribution in [0.2, 0.25) is 0 Å². The first-order chi connectivity index (χ1) is 10.7. The Morgan fingerprint density at radius 3 is 2.91 bits per heavy atom. The molecule has 0 saturated carbocycles. The monoisotopic (exact) mass is 303 g/mol. The van der Waals surface area contributed by atoms with Gasteiger partial charge in [0.1, 0.15) is 5.76 Å². The van der Waals surface area contributed by atoms with Crippen molar-refractivity contribution >= 4 is 6.03 Å². The van der Waals surface area contributed by atoms with Gasteiger partial charge in [0, 0.05) is 31.3 Å². The van der Waals surface area contributed by atoms with Crippen LogP contribution in [0.3, 0.4) is 0 Å². The molecule has 2 aromatic rings. The lowest BCUT2D eigenvalue weighted by molar-refractivity contribution is 0.236. The van der Waals surface area contributed by atoms with Crippen molar-refractivity contribution in [1.29, 1.82) is 0 Å². The number of nitrogens with one attached hydrogen (secondary N) is 2. The first-order valence-electron chi connectivity index (χ1n) is 7.23. The number of ether oxygens (including phenoxy) is 1. The maximum atomic E-state index is 11.8. The average Bonchev–Trinajstić information content (AvgIpc) is 3.05. The second-order valence-corrected chi connectivity index (χ2v) is 5.05. The smallest absolute Gasteiger partial charge is 0.315 e. The maximum Gasteiger partial charge on any atom is 0.315 e. The van der Waals surface area contributed by atoms with E-state index in [1.165, 1.54) is 0 Å². The van der Waals surface area contributed by atoms with E-state index in [1.807, 2.05) is 25.1 Å². The van der Waals surface area contributed by atoms with E-state index in [4.69, 9.17) is 9.15 Å². The van der Waals surface area contributed by atoms with Crippen LogP contribution in [0.4, 0.5) is 4.79 Å². The van der Waals surface area contributed by atoms with E-state index in [0.717, 1.165) is 24.2 Å². The zero-order chi connectivity index (χ0) is 15.8. The van der Waals surface area contributed by atoms with Gasteiger partial charge < -0.3 is 19.8 Å². The lowest BCUT2D eigenvalue weighted by Crippen LogP contribution is -2.40. The van der Waals surface area contributed by atoms with Crippen molar-refractivity contribution in [3.63, 3.8) is 0 Å². The number of pyridine rings is 1. The van der Waals surface area contributed by atoms with Gasteiger partial charge in [0.15, 0.2) is 0 Å². The molecule has 1 atom stereocenters. The number of carbonyl (C=O) groups is 1. The van der Waals surface area contributed by atoms with Gasteiger partial charge in [-0.3, -0.25) is 0 Å². The topological polar surface area (TPSA) is 76.4 Å². The van der Waals surface area contributed by atoms with Gasteiger partial charge in [0.05, 0.1) is 13.4 Å². The van der Waals surface area contributed by atoms with Crippen molar-refractivity contribution in [3.8, 4) is 5.88 Å². The van der Waals surface area contributed by atoms with Crippen molar-refractivity contribution in [3.05, 3.63) is 48.0 Å². The molecule has 0 aliphatic carbocycles. The Hall–Kier alpha value is -2.50. The molecule has 0 spiro atoms. The van der Waals surface area contributed by atoms with E-state index in [-0.39, 0.29) is 12.1 Å². The lowest BCUT2D eigenvalue weighted by atomic mass is 10.1. The highest BCUT2D eigenvalue weighted by Crippen LogP contribution is 2.07. The molecule has 0 radical (unpaired) electrons. The number of carbonyl (C=O) groups excluding carboxylic acids is 1. The van der Waals surface area contributed by atoms with Gasteiger partial charge in [0.2, 0.25) is 5.88 Å². The SMILES string of the molecule is COc1ccc(CNC(=O)N[C@H](C)CCc2ccco2)cn1. The molecule has 0 unspecified atom stereocenters.